The van der Waals surface area contributed by atoms with Crippen molar-refractivity contribution in [2.24, 2.45) is 0 Å². The molecule has 0 spiro atoms. The van der Waals surface area contributed by atoms with Crippen LogP contribution in [0.4, 0.5) is 0 Å². The first-order chi connectivity index (χ1) is 10.6. The minimum Gasteiger partial charge on any atom is -0.394 e. The highest BCUT2D eigenvalue weighted by Crippen LogP contribution is 2.40. The first kappa shape index (κ1) is 17.6. The molecule has 2 rings (SSSR count). The maximum Gasteiger partial charge on any atom is 0.330 e. The Labute approximate surface area is 136 Å². The number of nitrogens with zero attached hydrogens (tertiary/aromatic N) is 1. The third-order valence-electron chi connectivity index (χ3n) is 3.44. The van der Waals surface area contributed by atoms with Crippen molar-refractivity contribution in [2.75, 3.05) is 26.0 Å². The van der Waals surface area contributed by atoms with Crippen LogP contribution in [0.2, 0.25) is 0 Å². The molecule has 1 aromatic heterocycles. The van der Waals surface area contributed by atoms with E-state index in [2.05, 4.69) is 10.3 Å². The van der Waals surface area contributed by atoms with Crippen molar-refractivity contribution < 1.29 is 9.84 Å². The Hall–Kier alpha value is -0.740. The van der Waals surface area contributed by atoms with Crippen LogP contribution in [0.3, 0.4) is 0 Å². The lowest BCUT2D eigenvalue weighted by Crippen LogP contribution is -2.33. The molecule has 3 atom stereocenters. The van der Waals surface area contributed by atoms with E-state index in [9.17, 15) is 14.7 Å². The minimum absolute atomic E-state index is 0.0855. The van der Waals surface area contributed by atoms with E-state index >= 15 is 0 Å². The molecule has 3 N–H and O–H groups in total. The molecular formula is C13H21N3O4S2. The molecule has 1 aliphatic rings. The summed E-state index contributed by atoms with van der Waals surface area (Å²) >= 11 is 0. The average molecular weight is 347 g/mol. The third kappa shape index (κ3) is 4.17. The lowest BCUT2D eigenvalue weighted by atomic mass is 10.2. The molecule has 1 aromatic rings. The largest absolute Gasteiger partial charge is 0.394 e. The molecule has 1 aliphatic heterocycles. The van der Waals surface area contributed by atoms with E-state index in [1.807, 2.05) is 7.05 Å². The first-order valence-electron chi connectivity index (χ1n) is 7.08. The number of ether oxygens (including phenoxy) is 1. The number of aliphatic hydroxyl groups is 1. The molecule has 1 fully saturated rings. The fourth-order valence-corrected chi connectivity index (χ4v) is 4.96. The van der Waals surface area contributed by atoms with Crippen molar-refractivity contribution in [1.82, 2.24) is 14.9 Å². The van der Waals surface area contributed by atoms with Gasteiger partial charge in [-0.15, -0.1) is 0 Å². The maximum atomic E-state index is 11.9. The molecule has 1 saturated heterocycles. The van der Waals surface area contributed by atoms with Crippen LogP contribution in [0.5, 0.6) is 0 Å². The quantitative estimate of drug-likeness (QED) is 0.475. The number of aromatic nitrogens is 2. The Kier molecular flexibility index (Phi) is 6.57. The van der Waals surface area contributed by atoms with Crippen molar-refractivity contribution in [3.63, 3.8) is 0 Å². The Bertz CT molecular complexity index is 604. The predicted molar refractivity (Wildman–Crippen MR) is 89.4 cm³/mol. The summed E-state index contributed by atoms with van der Waals surface area (Å²) in [6.07, 6.45) is 1.37. The summed E-state index contributed by atoms with van der Waals surface area (Å²) in [7, 11) is 5.30. The fourth-order valence-electron chi connectivity index (χ4n) is 2.22. The molecule has 0 aliphatic carbocycles. The molecule has 0 radical (unpaired) electrons. The molecule has 0 bridgehead atoms. The van der Waals surface area contributed by atoms with Gasteiger partial charge in [0.2, 0.25) is 0 Å². The predicted octanol–water partition coefficient (Wildman–Crippen LogP) is 0.0942. The number of aromatic amines is 1. The molecule has 2 unspecified atom stereocenters. The lowest BCUT2D eigenvalue weighted by Gasteiger charge is -2.15. The van der Waals surface area contributed by atoms with Crippen molar-refractivity contribution >= 4 is 21.6 Å². The summed E-state index contributed by atoms with van der Waals surface area (Å²) in [6, 6.07) is 0. The van der Waals surface area contributed by atoms with Gasteiger partial charge in [0.1, 0.15) is 6.23 Å². The second kappa shape index (κ2) is 8.21. The normalized spacial score (nSPS) is 24.8. The number of hydrogen-bond acceptors (Lipinski definition) is 7. The maximum absolute atomic E-state index is 11.9. The summed E-state index contributed by atoms with van der Waals surface area (Å²) in [5.41, 5.74) is -0.402. The van der Waals surface area contributed by atoms with Gasteiger partial charge in [0.05, 0.1) is 12.7 Å². The zero-order valence-electron chi connectivity index (χ0n) is 12.6. The van der Waals surface area contributed by atoms with Crippen LogP contribution in [0.15, 0.2) is 15.8 Å². The van der Waals surface area contributed by atoms with Crippen LogP contribution in [0, 0.1) is 6.92 Å². The Morgan fingerprint density at radius 2 is 2.32 bits per heavy atom. The molecular weight excluding hydrogens is 326 g/mol. The molecule has 2 heterocycles. The van der Waals surface area contributed by atoms with Gasteiger partial charge in [-0.2, -0.15) is 0 Å². The second-order valence-corrected chi connectivity index (χ2v) is 7.81. The van der Waals surface area contributed by atoms with Crippen molar-refractivity contribution in [1.29, 1.82) is 0 Å². The van der Waals surface area contributed by atoms with Crippen LogP contribution in [0.1, 0.15) is 18.2 Å². The molecule has 22 heavy (non-hydrogen) atoms. The first-order valence-corrected chi connectivity index (χ1v) is 9.46. The molecule has 7 nitrogen and oxygen atoms in total. The number of nitrogens with one attached hydrogen (secondary N) is 2. The number of H-pyrrole nitrogens is 1. The second-order valence-electron chi connectivity index (χ2n) is 5.09. The Morgan fingerprint density at radius 1 is 1.55 bits per heavy atom. The minimum atomic E-state index is -0.481. The van der Waals surface area contributed by atoms with E-state index in [-0.39, 0.29) is 23.5 Å². The van der Waals surface area contributed by atoms with Crippen LogP contribution < -0.4 is 16.6 Å². The van der Waals surface area contributed by atoms with Crippen molar-refractivity contribution in [3.05, 3.63) is 32.6 Å². The average Bonchev–Trinajstić information content (AvgIpc) is 2.90. The summed E-state index contributed by atoms with van der Waals surface area (Å²) in [6.45, 7) is 2.47. The van der Waals surface area contributed by atoms with Gasteiger partial charge in [-0.1, -0.05) is 21.6 Å². The molecule has 124 valence electrons. The van der Waals surface area contributed by atoms with Gasteiger partial charge in [0.25, 0.3) is 5.56 Å². The van der Waals surface area contributed by atoms with Gasteiger partial charge in [-0.25, -0.2) is 4.79 Å². The number of aryl methyl sites for hydroxylation is 1. The van der Waals surface area contributed by atoms with Gasteiger partial charge in [-0.3, -0.25) is 14.3 Å². The summed E-state index contributed by atoms with van der Waals surface area (Å²) in [5, 5.41) is 12.7. The Morgan fingerprint density at radius 3 is 3.00 bits per heavy atom. The van der Waals surface area contributed by atoms with Gasteiger partial charge >= 0.3 is 5.69 Å². The van der Waals surface area contributed by atoms with Gasteiger partial charge in [-0.05, 0) is 14.0 Å². The zero-order valence-corrected chi connectivity index (χ0v) is 14.2. The topological polar surface area (TPSA) is 96.4 Å². The number of hydrogen-bond donors (Lipinski definition) is 3. The third-order valence-corrected chi connectivity index (χ3v) is 6.34. The summed E-state index contributed by atoms with van der Waals surface area (Å²) < 4.78 is 7.18. The highest BCUT2D eigenvalue weighted by Gasteiger charge is 2.36. The summed E-state index contributed by atoms with van der Waals surface area (Å²) in [4.78, 5) is 25.6. The van der Waals surface area contributed by atoms with Crippen LogP contribution in [-0.2, 0) is 4.74 Å². The standard InChI is InChI=1S/C13H21N3O4S2/c1-8-6-16(13(19)15-12(8)18)11-5-10(9(7-17)20-11)22-21-4-3-14-2/h6,9-11,14,17H,3-5,7H2,1-2H3,(H,15,18,19)/t9-,10?,11?/m1/s1. The van der Waals surface area contributed by atoms with E-state index in [4.69, 9.17) is 4.74 Å². The highest BCUT2D eigenvalue weighted by atomic mass is 33.1. The monoisotopic (exact) mass is 347 g/mol. The van der Waals surface area contributed by atoms with Gasteiger partial charge < -0.3 is 15.2 Å². The number of aliphatic hydroxyl groups excluding tert-OH is 1. The molecule has 9 heteroatoms. The molecule has 0 saturated carbocycles. The zero-order chi connectivity index (χ0) is 16.1. The van der Waals surface area contributed by atoms with E-state index < -0.39 is 11.9 Å². The highest BCUT2D eigenvalue weighted by molar-refractivity contribution is 8.77. The van der Waals surface area contributed by atoms with Crippen LogP contribution in [-0.4, -0.2) is 52.0 Å². The molecule has 0 amide bonds. The van der Waals surface area contributed by atoms with E-state index in [1.165, 1.54) is 10.8 Å². The van der Waals surface area contributed by atoms with E-state index in [0.29, 0.717) is 12.0 Å². The van der Waals surface area contributed by atoms with Crippen molar-refractivity contribution in [3.8, 4) is 0 Å². The number of rotatable bonds is 7. The van der Waals surface area contributed by atoms with Crippen LogP contribution >= 0.6 is 21.6 Å². The molecule has 0 aromatic carbocycles. The van der Waals surface area contributed by atoms with Gasteiger partial charge in [0.15, 0.2) is 0 Å². The van der Waals surface area contributed by atoms with E-state index in [0.717, 1.165) is 12.3 Å². The van der Waals surface area contributed by atoms with Crippen molar-refractivity contribution in [2.45, 2.75) is 30.9 Å². The van der Waals surface area contributed by atoms with E-state index in [1.54, 1.807) is 28.5 Å². The lowest BCUT2D eigenvalue weighted by molar-refractivity contribution is -0.0238. The summed E-state index contributed by atoms with van der Waals surface area (Å²) in [5.74, 6) is 0.957. The van der Waals surface area contributed by atoms with Gasteiger partial charge in [0, 0.05) is 35.7 Å². The SMILES string of the molecule is CNCCSSC1CC(n2cc(C)c(=O)[nH]c2=O)O[C@@H]1CO. The van der Waals surface area contributed by atoms with Crippen LogP contribution in [0.25, 0.3) is 0 Å². The fraction of sp³-hybridized carbons (Fsp3) is 0.692. The smallest absolute Gasteiger partial charge is 0.330 e. The Balaban J connectivity index is 2.06.